The molecule has 0 amide bonds. The van der Waals surface area contributed by atoms with E-state index in [2.05, 4.69) is 24.6 Å². The van der Waals surface area contributed by atoms with E-state index in [0.717, 1.165) is 3.67 Å². The van der Waals surface area contributed by atoms with Gasteiger partial charge in [0.1, 0.15) is 0 Å². The molecule has 0 saturated heterocycles. The van der Waals surface area contributed by atoms with Crippen molar-refractivity contribution in [1.29, 1.82) is 0 Å². The molecule has 1 aliphatic rings. The van der Waals surface area contributed by atoms with Crippen molar-refractivity contribution >= 4 is 41.4 Å². The molecule has 0 N–H and O–H groups in total. The van der Waals surface area contributed by atoms with Crippen molar-refractivity contribution in [3.05, 3.63) is 0 Å². The molecule has 0 unspecified atom stereocenters. The summed E-state index contributed by atoms with van der Waals surface area (Å²) in [5, 5.41) is 0. The first-order valence-electron chi connectivity index (χ1n) is 3.59. The van der Waals surface area contributed by atoms with E-state index < -0.39 is 16.8 Å². The maximum atomic E-state index is 3.76. The molecule has 0 bridgehead atoms. The van der Waals surface area contributed by atoms with Gasteiger partial charge in [-0.15, -0.1) is 0 Å². The molecular weight excluding hydrogens is 347 g/mol. The van der Waals surface area contributed by atoms with E-state index in [1.165, 1.54) is 32.1 Å². The Kier molecular flexibility index (Phi) is 4.62. The van der Waals surface area contributed by atoms with Gasteiger partial charge in [0, 0.05) is 0 Å². The van der Waals surface area contributed by atoms with E-state index in [1.54, 1.807) is 0 Å². The fraction of sp³-hybridized carbons (Fsp3) is 1.00. The Hall–Kier alpha value is 1.83. The quantitative estimate of drug-likeness (QED) is 0.672. The van der Waals surface area contributed by atoms with Gasteiger partial charge in [0.2, 0.25) is 0 Å². The molecule has 0 aliphatic heterocycles. The summed E-state index contributed by atoms with van der Waals surface area (Å²) in [5.41, 5.74) is 0. The average Bonchev–Trinajstić information content (AvgIpc) is 1.90. The molecule has 0 radical (unpaired) electrons. The second-order valence-electron chi connectivity index (χ2n) is 2.73. The fourth-order valence-electron chi connectivity index (χ4n) is 1.39. The van der Waals surface area contributed by atoms with Crippen molar-refractivity contribution in [2.45, 2.75) is 35.8 Å². The summed E-state index contributed by atoms with van der Waals surface area (Å²) >= 11 is 6.29. The summed E-state index contributed by atoms with van der Waals surface area (Å²) in [7, 11) is 0. The SMILES string of the molecule is [Br][In]([Br])[CH]1CCCCC1. The van der Waals surface area contributed by atoms with Crippen molar-refractivity contribution in [1.82, 2.24) is 0 Å². The molecule has 0 aromatic carbocycles. The third-order valence-electron chi connectivity index (χ3n) is 2.01. The Morgan fingerprint density at radius 1 is 1.00 bits per heavy atom. The van der Waals surface area contributed by atoms with Gasteiger partial charge in [-0.25, -0.2) is 0 Å². The molecule has 9 heavy (non-hydrogen) atoms. The first-order valence-corrected chi connectivity index (χ1v) is 20.3. The first kappa shape index (κ1) is 8.92. The van der Waals surface area contributed by atoms with E-state index in [9.17, 15) is 0 Å². The van der Waals surface area contributed by atoms with E-state index in [-0.39, 0.29) is 0 Å². The Balaban J connectivity index is 2.23. The third-order valence-corrected chi connectivity index (χ3v) is 16.0. The Bertz CT molecular complexity index is 79.1. The molecular formula is C6H11Br2In. The van der Waals surface area contributed by atoms with Gasteiger partial charge in [-0.1, -0.05) is 0 Å². The molecule has 3 heteroatoms. The van der Waals surface area contributed by atoms with Gasteiger partial charge in [-0.05, 0) is 0 Å². The van der Waals surface area contributed by atoms with Gasteiger partial charge < -0.3 is 0 Å². The summed E-state index contributed by atoms with van der Waals surface area (Å²) in [6.07, 6.45) is 7.44. The van der Waals surface area contributed by atoms with Crippen LogP contribution in [0.15, 0.2) is 0 Å². The van der Waals surface area contributed by atoms with Gasteiger partial charge in [-0.2, -0.15) is 0 Å². The molecule has 1 aliphatic carbocycles. The Labute approximate surface area is 76.3 Å². The van der Waals surface area contributed by atoms with Crippen molar-refractivity contribution in [3.8, 4) is 0 Å². The van der Waals surface area contributed by atoms with E-state index >= 15 is 0 Å². The number of halogens is 2. The monoisotopic (exact) mass is 356 g/mol. The fourth-order valence-corrected chi connectivity index (χ4v) is 11.3. The zero-order valence-corrected chi connectivity index (χ0v) is 11.9. The number of hydrogen-bond acceptors (Lipinski definition) is 0. The molecule has 1 rings (SSSR count). The van der Waals surface area contributed by atoms with Crippen molar-refractivity contribution in [3.63, 3.8) is 0 Å². The predicted octanol–water partition coefficient (Wildman–Crippen LogP) is 3.60. The zero-order valence-electron chi connectivity index (χ0n) is 5.45. The third kappa shape index (κ3) is 3.15. The Morgan fingerprint density at radius 2 is 1.56 bits per heavy atom. The van der Waals surface area contributed by atoms with Gasteiger partial charge in [0.15, 0.2) is 0 Å². The second-order valence-corrected chi connectivity index (χ2v) is 28.8. The van der Waals surface area contributed by atoms with Gasteiger partial charge in [-0.3, -0.25) is 0 Å². The standard InChI is InChI=1S/C6H11.2BrH.In/c1-2-4-6-5-3-1;;;/h1H,2-6H2;2*1H;/q;;;+2/p-2. The van der Waals surface area contributed by atoms with E-state index in [1.807, 2.05) is 0 Å². The average molecular weight is 358 g/mol. The van der Waals surface area contributed by atoms with Gasteiger partial charge >= 0.3 is 77.1 Å². The normalized spacial score (nSPS) is 22.0. The molecule has 1 saturated carbocycles. The van der Waals surface area contributed by atoms with E-state index in [4.69, 9.17) is 0 Å². The van der Waals surface area contributed by atoms with Crippen LogP contribution in [0.2, 0.25) is 3.67 Å². The minimum absolute atomic E-state index is 1.10. The molecule has 0 aromatic heterocycles. The maximum absolute atomic E-state index is 3.76. The number of rotatable bonds is 1. The summed E-state index contributed by atoms with van der Waals surface area (Å²) < 4.78 is 1.10. The summed E-state index contributed by atoms with van der Waals surface area (Å²) in [6.45, 7) is 0. The minimum atomic E-state index is -1.23. The van der Waals surface area contributed by atoms with Crippen LogP contribution >= 0.6 is 24.6 Å². The molecule has 0 aromatic rings. The van der Waals surface area contributed by atoms with Crippen LogP contribution < -0.4 is 0 Å². The molecule has 0 nitrogen and oxygen atoms in total. The summed E-state index contributed by atoms with van der Waals surface area (Å²) in [5.74, 6) is 0. The first-order chi connectivity index (χ1) is 4.30. The van der Waals surface area contributed by atoms with Crippen molar-refractivity contribution in [2.75, 3.05) is 0 Å². The summed E-state index contributed by atoms with van der Waals surface area (Å²) in [6, 6.07) is 0. The van der Waals surface area contributed by atoms with Gasteiger partial charge in [0.25, 0.3) is 0 Å². The van der Waals surface area contributed by atoms with Crippen molar-refractivity contribution < 1.29 is 0 Å². The summed E-state index contributed by atoms with van der Waals surface area (Å²) in [4.78, 5) is 0. The molecule has 52 valence electrons. The van der Waals surface area contributed by atoms with Crippen LogP contribution in [0, 0.1) is 0 Å². The number of hydrogen-bond donors (Lipinski definition) is 0. The van der Waals surface area contributed by atoms with Crippen LogP contribution in [0.5, 0.6) is 0 Å². The van der Waals surface area contributed by atoms with Crippen LogP contribution in [0.1, 0.15) is 32.1 Å². The molecule has 0 heterocycles. The van der Waals surface area contributed by atoms with Crippen LogP contribution in [-0.2, 0) is 0 Å². The molecule has 0 atom stereocenters. The van der Waals surface area contributed by atoms with Gasteiger partial charge in [0.05, 0.1) is 0 Å². The Morgan fingerprint density at radius 3 is 1.89 bits per heavy atom. The van der Waals surface area contributed by atoms with Crippen LogP contribution in [0.4, 0.5) is 0 Å². The molecule has 0 spiro atoms. The van der Waals surface area contributed by atoms with Crippen LogP contribution in [0.3, 0.4) is 0 Å². The van der Waals surface area contributed by atoms with Crippen molar-refractivity contribution in [2.24, 2.45) is 0 Å². The molecule has 1 fully saturated rings. The predicted molar refractivity (Wildman–Crippen MR) is 50.4 cm³/mol. The van der Waals surface area contributed by atoms with Crippen LogP contribution in [-0.4, -0.2) is 16.8 Å². The second kappa shape index (κ2) is 4.66. The zero-order chi connectivity index (χ0) is 6.69. The topological polar surface area (TPSA) is 0 Å². The van der Waals surface area contributed by atoms with E-state index in [0.29, 0.717) is 0 Å². The van der Waals surface area contributed by atoms with Crippen LogP contribution in [0.25, 0.3) is 0 Å².